The third kappa shape index (κ3) is 2.36. The maximum absolute atomic E-state index is 12.3. The van der Waals surface area contributed by atoms with Gasteiger partial charge in [0.15, 0.2) is 0 Å². The van der Waals surface area contributed by atoms with Crippen LogP contribution in [-0.2, 0) is 11.2 Å². The highest BCUT2D eigenvalue weighted by molar-refractivity contribution is 5.82. The molecular formula is C17H22O. The van der Waals surface area contributed by atoms with Gasteiger partial charge in [-0.15, -0.1) is 0 Å². The monoisotopic (exact) mass is 242 g/mol. The van der Waals surface area contributed by atoms with Crippen LogP contribution in [0.25, 0.3) is 0 Å². The lowest BCUT2D eigenvalue weighted by Crippen LogP contribution is -2.19. The first-order chi connectivity index (χ1) is 8.75. The minimum absolute atomic E-state index is 0.305. The summed E-state index contributed by atoms with van der Waals surface area (Å²) in [6.45, 7) is 2.13. The molecule has 2 aliphatic carbocycles. The third-order valence-electron chi connectivity index (χ3n) is 4.78. The number of rotatable bonds is 4. The van der Waals surface area contributed by atoms with E-state index >= 15 is 0 Å². The van der Waals surface area contributed by atoms with Crippen LogP contribution in [-0.4, -0.2) is 5.78 Å². The van der Waals surface area contributed by atoms with Gasteiger partial charge in [-0.1, -0.05) is 31.2 Å². The summed E-state index contributed by atoms with van der Waals surface area (Å²) in [6, 6.07) is 8.70. The molecule has 2 aliphatic rings. The number of hydrogen-bond donors (Lipinski definition) is 0. The summed E-state index contributed by atoms with van der Waals surface area (Å²) in [5.41, 5.74) is 2.92. The van der Waals surface area contributed by atoms with Crippen molar-refractivity contribution >= 4 is 5.78 Å². The summed E-state index contributed by atoms with van der Waals surface area (Å²) in [5, 5.41) is 0. The topological polar surface area (TPSA) is 17.1 Å². The van der Waals surface area contributed by atoms with Crippen molar-refractivity contribution in [3.63, 3.8) is 0 Å². The fraction of sp³-hybridized carbons (Fsp3) is 0.588. The molecule has 3 rings (SSSR count). The molecule has 0 heterocycles. The number of Topliss-reactive ketones (excluding diaryl/α,β-unsaturated/α-hetero) is 1. The second-order valence-electron chi connectivity index (χ2n) is 6.08. The Balaban J connectivity index is 1.72. The van der Waals surface area contributed by atoms with Crippen LogP contribution in [0.5, 0.6) is 0 Å². The Bertz CT molecular complexity index is 445. The van der Waals surface area contributed by atoms with Crippen molar-refractivity contribution < 1.29 is 4.79 Å². The number of ketones is 1. The van der Waals surface area contributed by atoms with Gasteiger partial charge in [-0.3, -0.25) is 4.79 Å². The average Bonchev–Trinajstić information content (AvgIpc) is 3.22. The summed E-state index contributed by atoms with van der Waals surface area (Å²) in [4.78, 5) is 12.3. The molecule has 96 valence electrons. The SMILES string of the molecule is CC(C(=O)CC1CCCc2ccccc21)C1CC1. The second-order valence-corrected chi connectivity index (χ2v) is 6.08. The van der Waals surface area contributed by atoms with Crippen LogP contribution in [0, 0.1) is 11.8 Å². The number of hydrogen-bond acceptors (Lipinski definition) is 1. The molecule has 1 nitrogen and oxygen atoms in total. The lowest BCUT2D eigenvalue weighted by atomic mass is 9.78. The summed E-state index contributed by atoms with van der Waals surface area (Å²) in [7, 11) is 0. The molecule has 1 heteroatoms. The van der Waals surface area contributed by atoms with Crippen molar-refractivity contribution in [2.75, 3.05) is 0 Å². The van der Waals surface area contributed by atoms with E-state index in [2.05, 4.69) is 31.2 Å². The van der Waals surface area contributed by atoms with E-state index in [9.17, 15) is 4.79 Å². The van der Waals surface area contributed by atoms with Crippen molar-refractivity contribution in [1.82, 2.24) is 0 Å². The fourth-order valence-corrected chi connectivity index (χ4v) is 3.35. The van der Waals surface area contributed by atoms with Crippen LogP contribution in [0.15, 0.2) is 24.3 Å². The van der Waals surface area contributed by atoms with Crippen molar-refractivity contribution in [3.8, 4) is 0 Å². The Hall–Kier alpha value is -1.11. The van der Waals surface area contributed by atoms with Crippen molar-refractivity contribution in [2.45, 2.75) is 51.4 Å². The molecule has 1 fully saturated rings. The van der Waals surface area contributed by atoms with Gasteiger partial charge in [0.1, 0.15) is 5.78 Å². The number of carbonyl (C=O) groups is 1. The molecule has 0 bridgehead atoms. The third-order valence-corrected chi connectivity index (χ3v) is 4.78. The van der Waals surface area contributed by atoms with Crippen LogP contribution >= 0.6 is 0 Å². The molecular weight excluding hydrogens is 220 g/mol. The average molecular weight is 242 g/mol. The molecule has 0 amide bonds. The molecule has 2 unspecified atom stereocenters. The Morgan fingerprint density at radius 3 is 2.83 bits per heavy atom. The van der Waals surface area contributed by atoms with E-state index in [4.69, 9.17) is 0 Å². The largest absolute Gasteiger partial charge is 0.299 e. The van der Waals surface area contributed by atoms with E-state index < -0.39 is 0 Å². The fourth-order valence-electron chi connectivity index (χ4n) is 3.35. The van der Waals surface area contributed by atoms with Gasteiger partial charge in [-0.2, -0.15) is 0 Å². The Morgan fingerprint density at radius 1 is 1.28 bits per heavy atom. The highest BCUT2D eigenvalue weighted by Crippen LogP contribution is 2.40. The van der Waals surface area contributed by atoms with Crippen molar-refractivity contribution in [2.24, 2.45) is 11.8 Å². The maximum atomic E-state index is 12.3. The summed E-state index contributed by atoms with van der Waals surface area (Å²) < 4.78 is 0. The Kier molecular flexibility index (Phi) is 3.23. The predicted octanol–water partition coefficient (Wildman–Crippen LogP) is 4.11. The molecule has 1 saturated carbocycles. The highest BCUT2D eigenvalue weighted by Gasteiger charge is 2.34. The van der Waals surface area contributed by atoms with Crippen LogP contribution in [0.3, 0.4) is 0 Å². The minimum Gasteiger partial charge on any atom is -0.299 e. The lowest BCUT2D eigenvalue weighted by molar-refractivity contribution is -0.123. The molecule has 0 saturated heterocycles. The summed E-state index contributed by atoms with van der Waals surface area (Å²) in [5.74, 6) is 2.00. The number of benzene rings is 1. The van der Waals surface area contributed by atoms with E-state index in [1.807, 2.05) is 0 Å². The van der Waals surface area contributed by atoms with Gasteiger partial charge in [0.2, 0.25) is 0 Å². The molecule has 0 spiro atoms. The molecule has 0 aliphatic heterocycles. The number of fused-ring (bicyclic) bond motifs is 1. The maximum Gasteiger partial charge on any atom is 0.136 e. The normalized spacial score (nSPS) is 24.4. The molecule has 0 radical (unpaired) electrons. The number of aryl methyl sites for hydroxylation is 1. The van der Waals surface area contributed by atoms with Gasteiger partial charge in [-0.05, 0) is 55.1 Å². The molecule has 1 aromatic carbocycles. The van der Waals surface area contributed by atoms with Gasteiger partial charge in [0.25, 0.3) is 0 Å². The number of carbonyl (C=O) groups excluding carboxylic acids is 1. The highest BCUT2D eigenvalue weighted by atomic mass is 16.1. The van der Waals surface area contributed by atoms with Gasteiger partial charge >= 0.3 is 0 Å². The molecule has 0 N–H and O–H groups in total. The predicted molar refractivity (Wildman–Crippen MR) is 73.6 cm³/mol. The molecule has 0 aromatic heterocycles. The first-order valence-electron chi connectivity index (χ1n) is 7.36. The summed E-state index contributed by atoms with van der Waals surface area (Å²) >= 11 is 0. The van der Waals surface area contributed by atoms with Crippen LogP contribution < -0.4 is 0 Å². The van der Waals surface area contributed by atoms with Crippen LogP contribution in [0.2, 0.25) is 0 Å². The second kappa shape index (κ2) is 4.87. The van der Waals surface area contributed by atoms with Crippen LogP contribution in [0.4, 0.5) is 0 Å². The van der Waals surface area contributed by atoms with Crippen LogP contribution in [0.1, 0.15) is 56.1 Å². The van der Waals surface area contributed by atoms with E-state index in [0.717, 1.165) is 6.42 Å². The van der Waals surface area contributed by atoms with Gasteiger partial charge in [-0.25, -0.2) is 0 Å². The summed E-state index contributed by atoms with van der Waals surface area (Å²) in [6.07, 6.45) is 6.95. The first kappa shape index (κ1) is 12.0. The van der Waals surface area contributed by atoms with E-state index in [1.54, 1.807) is 0 Å². The standard InChI is InChI=1S/C17H22O/c1-12(13-9-10-13)17(18)11-15-7-4-6-14-5-2-3-8-16(14)15/h2-3,5,8,12-13,15H,4,6-7,9-11H2,1H3. The van der Waals surface area contributed by atoms with E-state index in [1.165, 1.54) is 43.2 Å². The smallest absolute Gasteiger partial charge is 0.136 e. The quantitative estimate of drug-likeness (QED) is 0.776. The van der Waals surface area contributed by atoms with Gasteiger partial charge in [0, 0.05) is 12.3 Å². The Morgan fingerprint density at radius 2 is 2.06 bits per heavy atom. The zero-order chi connectivity index (χ0) is 12.5. The molecule has 18 heavy (non-hydrogen) atoms. The zero-order valence-corrected chi connectivity index (χ0v) is 11.2. The molecule has 2 atom stereocenters. The van der Waals surface area contributed by atoms with E-state index in [-0.39, 0.29) is 0 Å². The van der Waals surface area contributed by atoms with E-state index in [0.29, 0.717) is 23.5 Å². The van der Waals surface area contributed by atoms with Crippen molar-refractivity contribution in [3.05, 3.63) is 35.4 Å². The Labute approximate surface area is 110 Å². The van der Waals surface area contributed by atoms with Crippen molar-refractivity contribution in [1.29, 1.82) is 0 Å². The lowest BCUT2D eigenvalue weighted by Gasteiger charge is -2.25. The van der Waals surface area contributed by atoms with Gasteiger partial charge < -0.3 is 0 Å². The minimum atomic E-state index is 0.305. The van der Waals surface area contributed by atoms with Gasteiger partial charge in [0.05, 0.1) is 0 Å². The zero-order valence-electron chi connectivity index (χ0n) is 11.2. The first-order valence-corrected chi connectivity index (χ1v) is 7.36. The molecule has 1 aromatic rings.